The van der Waals surface area contributed by atoms with Crippen LogP contribution in [-0.4, -0.2) is 36.8 Å². The number of anilines is 1. The van der Waals surface area contributed by atoms with Crippen LogP contribution in [0.25, 0.3) is 0 Å². The van der Waals surface area contributed by atoms with E-state index in [1.807, 2.05) is 31.2 Å². The van der Waals surface area contributed by atoms with Crippen molar-refractivity contribution in [3.05, 3.63) is 29.8 Å². The Morgan fingerprint density at radius 3 is 2.76 bits per heavy atom. The van der Waals surface area contributed by atoms with E-state index in [0.717, 1.165) is 12.2 Å². The monoisotopic (exact) mass is 234 g/mol. The van der Waals surface area contributed by atoms with Gasteiger partial charge in [-0.2, -0.15) is 0 Å². The first-order valence-corrected chi connectivity index (χ1v) is 5.94. The number of aryl methyl sites for hydroxylation is 1. The Morgan fingerprint density at radius 1 is 1.41 bits per heavy atom. The van der Waals surface area contributed by atoms with Crippen LogP contribution in [0.2, 0.25) is 0 Å². The Balaban J connectivity index is 2.21. The van der Waals surface area contributed by atoms with Gasteiger partial charge in [-0.25, -0.2) is 0 Å². The third-order valence-corrected chi connectivity index (χ3v) is 3.10. The molecule has 0 aromatic heterocycles. The summed E-state index contributed by atoms with van der Waals surface area (Å²) in [5.41, 5.74) is 2.25. The molecular formula is C13H18N2O2. The van der Waals surface area contributed by atoms with Gasteiger partial charge >= 0.3 is 0 Å². The topological polar surface area (TPSA) is 52.6 Å². The van der Waals surface area contributed by atoms with Crippen molar-refractivity contribution in [1.29, 1.82) is 0 Å². The molecule has 2 rings (SSSR count). The van der Waals surface area contributed by atoms with E-state index in [1.54, 1.807) is 0 Å². The van der Waals surface area contributed by atoms with E-state index in [9.17, 15) is 4.79 Å². The van der Waals surface area contributed by atoms with Crippen LogP contribution >= 0.6 is 0 Å². The van der Waals surface area contributed by atoms with Crippen LogP contribution in [-0.2, 0) is 4.79 Å². The number of hydrogen-bond acceptors (Lipinski definition) is 3. The summed E-state index contributed by atoms with van der Waals surface area (Å²) in [6, 6.07) is 7.88. The van der Waals surface area contributed by atoms with E-state index in [4.69, 9.17) is 5.11 Å². The molecule has 0 spiro atoms. The van der Waals surface area contributed by atoms with E-state index in [2.05, 4.69) is 10.2 Å². The Bertz CT molecular complexity index is 389. The highest BCUT2D eigenvalue weighted by Crippen LogP contribution is 2.20. The lowest BCUT2D eigenvalue weighted by Gasteiger charge is -2.36. The van der Waals surface area contributed by atoms with Crippen LogP contribution in [0.1, 0.15) is 12.0 Å². The molecule has 4 heteroatoms. The lowest BCUT2D eigenvalue weighted by molar-refractivity contribution is -0.123. The number of aliphatic hydroxyl groups excluding tert-OH is 1. The van der Waals surface area contributed by atoms with Crippen LogP contribution in [0.15, 0.2) is 24.3 Å². The van der Waals surface area contributed by atoms with Gasteiger partial charge in [-0.15, -0.1) is 0 Å². The molecule has 1 aliphatic rings. The molecular weight excluding hydrogens is 216 g/mol. The second-order valence-electron chi connectivity index (χ2n) is 4.35. The van der Waals surface area contributed by atoms with Crippen LogP contribution in [0.3, 0.4) is 0 Å². The smallest absolute Gasteiger partial charge is 0.242 e. The van der Waals surface area contributed by atoms with Gasteiger partial charge in [0.15, 0.2) is 0 Å². The highest BCUT2D eigenvalue weighted by molar-refractivity contribution is 5.86. The standard InChI is InChI=1S/C13H18N2O2/c1-10-2-4-11(5-3-10)15-8-7-14-13(17)12(15)6-9-16/h2-5,12,16H,6-9H2,1H3,(H,14,17). The molecule has 1 atom stereocenters. The maximum absolute atomic E-state index is 11.8. The predicted molar refractivity (Wildman–Crippen MR) is 67.0 cm³/mol. The summed E-state index contributed by atoms with van der Waals surface area (Å²) in [5.74, 6) is 0.00544. The van der Waals surface area contributed by atoms with Crippen molar-refractivity contribution in [3.8, 4) is 0 Å². The molecule has 17 heavy (non-hydrogen) atoms. The Labute approximate surface area is 101 Å². The molecule has 1 fully saturated rings. The number of amides is 1. The molecule has 92 valence electrons. The minimum Gasteiger partial charge on any atom is -0.396 e. The minimum absolute atomic E-state index is 0.00544. The highest BCUT2D eigenvalue weighted by Gasteiger charge is 2.28. The predicted octanol–water partition coefficient (Wildman–Crippen LogP) is 0.682. The minimum atomic E-state index is -0.253. The molecule has 2 N–H and O–H groups in total. The molecule has 1 aromatic rings. The summed E-state index contributed by atoms with van der Waals surface area (Å²) >= 11 is 0. The average Bonchev–Trinajstić information content (AvgIpc) is 2.33. The first-order valence-electron chi connectivity index (χ1n) is 5.94. The van der Waals surface area contributed by atoms with Gasteiger partial charge < -0.3 is 15.3 Å². The summed E-state index contributed by atoms with van der Waals surface area (Å²) in [6.45, 7) is 3.52. The van der Waals surface area contributed by atoms with Crippen molar-refractivity contribution >= 4 is 11.6 Å². The van der Waals surface area contributed by atoms with E-state index in [-0.39, 0.29) is 18.6 Å². The van der Waals surface area contributed by atoms with Crippen molar-refractivity contribution in [3.63, 3.8) is 0 Å². The van der Waals surface area contributed by atoms with Crippen molar-refractivity contribution in [1.82, 2.24) is 5.32 Å². The second-order valence-corrected chi connectivity index (χ2v) is 4.35. The quantitative estimate of drug-likeness (QED) is 0.808. The van der Waals surface area contributed by atoms with Gasteiger partial charge in [-0.1, -0.05) is 17.7 Å². The van der Waals surface area contributed by atoms with Crippen molar-refractivity contribution < 1.29 is 9.90 Å². The van der Waals surface area contributed by atoms with E-state index < -0.39 is 0 Å². The fourth-order valence-corrected chi connectivity index (χ4v) is 2.17. The fourth-order valence-electron chi connectivity index (χ4n) is 2.17. The Morgan fingerprint density at radius 2 is 2.12 bits per heavy atom. The van der Waals surface area contributed by atoms with E-state index >= 15 is 0 Å². The number of benzene rings is 1. The molecule has 1 saturated heterocycles. The Hall–Kier alpha value is -1.55. The van der Waals surface area contributed by atoms with Gasteiger partial charge in [0, 0.05) is 25.4 Å². The summed E-state index contributed by atoms with van der Waals surface area (Å²) in [4.78, 5) is 13.8. The molecule has 0 saturated carbocycles. The molecule has 4 nitrogen and oxygen atoms in total. The summed E-state index contributed by atoms with van der Waals surface area (Å²) in [5, 5.41) is 11.9. The highest BCUT2D eigenvalue weighted by atomic mass is 16.3. The molecule has 1 aromatic carbocycles. The molecule has 1 aliphatic heterocycles. The average molecular weight is 234 g/mol. The number of aliphatic hydroxyl groups is 1. The number of carbonyl (C=O) groups excluding carboxylic acids is 1. The molecule has 0 aliphatic carbocycles. The number of piperazine rings is 1. The van der Waals surface area contributed by atoms with Crippen LogP contribution in [0, 0.1) is 6.92 Å². The SMILES string of the molecule is Cc1ccc(N2CCNC(=O)C2CCO)cc1. The largest absolute Gasteiger partial charge is 0.396 e. The third kappa shape index (κ3) is 2.58. The van der Waals surface area contributed by atoms with Gasteiger partial charge in [0.1, 0.15) is 6.04 Å². The zero-order valence-electron chi connectivity index (χ0n) is 10.0. The Kier molecular flexibility index (Phi) is 3.64. The maximum Gasteiger partial charge on any atom is 0.242 e. The number of nitrogens with one attached hydrogen (secondary N) is 1. The lowest BCUT2D eigenvalue weighted by Crippen LogP contribution is -2.55. The maximum atomic E-state index is 11.8. The van der Waals surface area contributed by atoms with Crippen molar-refractivity contribution in [2.45, 2.75) is 19.4 Å². The van der Waals surface area contributed by atoms with Gasteiger partial charge in [-0.05, 0) is 25.5 Å². The zero-order chi connectivity index (χ0) is 12.3. The van der Waals surface area contributed by atoms with E-state index in [1.165, 1.54) is 5.56 Å². The summed E-state index contributed by atoms with van der Waals surface area (Å²) in [7, 11) is 0. The zero-order valence-corrected chi connectivity index (χ0v) is 10.0. The molecule has 1 heterocycles. The van der Waals surface area contributed by atoms with Gasteiger partial charge in [0.05, 0.1) is 0 Å². The number of nitrogens with zero attached hydrogens (tertiary/aromatic N) is 1. The molecule has 1 unspecified atom stereocenters. The first-order chi connectivity index (χ1) is 8.22. The third-order valence-electron chi connectivity index (χ3n) is 3.10. The first kappa shape index (κ1) is 11.9. The van der Waals surface area contributed by atoms with Crippen LogP contribution in [0.5, 0.6) is 0 Å². The van der Waals surface area contributed by atoms with Gasteiger partial charge in [0.2, 0.25) is 5.91 Å². The van der Waals surface area contributed by atoms with Crippen LogP contribution < -0.4 is 10.2 Å². The summed E-state index contributed by atoms with van der Waals surface area (Å²) in [6.07, 6.45) is 0.472. The fraction of sp³-hybridized carbons (Fsp3) is 0.462. The van der Waals surface area contributed by atoms with Crippen LogP contribution in [0.4, 0.5) is 5.69 Å². The van der Waals surface area contributed by atoms with Gasteiger partial charge in [0.25, 0.3) is 0 Å². The van der Waals surface area contributed by atoms with Gasteiger partial charge in [-0.3, -0.25) is 4.79 Å². The number of hydrogen-bond donors (Lipinski definition) is 2. The molecule has 0 bridgehead atoms. The summed E-state index contributed by atoms with van der Waals surface area (Å²) < 4.78 is 0. The molecule has 1 amide bonds. The van der Waals surface area contributed by atoms with Crippen molar-refractivity contribution in [2.24, 2.45) is 0 Å². The normalized spacial score (nSPS) is 20.2. The van der Waals surface area contributed by atoms with Crippen molar-refractivity contribution in [2.75, 3.05) is 24.6 Å². The van der Waals surface area contributed by atoms with E-state index in [0.29, 0.717) is 13.0 Å². The molecule has 0 radical (unpaired) electrons. The number of rotatable bonds is 3. The lowest BCUT2D eigenvalue weighted by atomic mass is 10.1. The number of carbonyl (C=O) groups is 1. The second kappa shape index (κ2) is 5.19.